The lowest BCUT2D eigenvalue weighted by molar-refractivity contribution is -0.119. The van der Waals surface area contributed by atoms with Crippen molar-refractivity contribution >= 4 is 11.7 Å². The Balaban J connectivity index is 1.81. The van der Waals surface area contributed by atoms with Gasteiger partial charge in [0.25, 0.3) is 12.3 Å². The number of hydrogen-bond acceptors (Lipinski definition) is 7. The Hall–Kier alpha value is -2.98. The van der Waals surface area contributed by atoms with Crippen molar-refractivity contribution < 1.29 is 38.8 Å². The van der Waals surface area contributed by atoms with Crippen molar-refractivity contribution in [2.75, 3.05) is 6.54 Å². The molecule has 1 aromatic carbocycles. The van der Waals surface area contributed by atoms with Crippen molar-refractivity contribution in [1.29, 1.82) is 0 Å². The number of benzene rings is 1. The molecule has 0 saturated carbocycles. The third-order valence-electron chi connectivity index (χ3n) is 7.64. The van der Waals surface area contributed by atoms with E-state index in [4.69, 9.17) is 5.73 Å². The van der Waals surface area contributed by atoms with Crippen molar-refractivity contribution in [3.63, 3.8) is 0 Å². The van der Waals surface area contributed by atoms with Gasteiger partial charge >= 0.3 is 0 Å². The Morgan fingerprint density at radius 1 is 1.26 bits per heavy atom. The van der Waals surface area contributed by atoms with Gasteiger partial charge < -0.3 is 31.5 Å². The van der Waals surface area contributed by atoms with E-state index in [0.29, 0.717) is 30.4 Å². The van der Waals surface area contributed by atoms with Gasteiger partial charge in [0.05, 0.1) is 23.6 Å². The lowest BCUT2D eigenvalue weighted by atomic mass is 9.58. The number of Topliss-reactive ketones (excluding diaryl/α,β-unsaturated/α-hetero) is 1. The monoisotopic (exact) mass is 492 g/mol. The topological polar surface area (TPSA) is 153 Å². The number of carbonyl (C=O) groups excluding carboxylic acids is 2. The molecular weight excluding hydrogens is 462 g/mol. The first-order chi connectivity index (χ1) is 16.4. The zero-order valence-electron chi connectivity index (χ0n) is 19.6. The summed E-state index contributed by atoms with van der Waals surface area (Å²) in [5.74, 6) is -4.53. The number of fused-ring (bicyclic) bond motifs is 3. The van der Waals surface area contributed by atoms with Crippen molar-refractivity contribution in [3.8, 4) is 5.75 Å². The number of alkyl halides is 2. The second-order valence-corrected chi connectivity index (χ2v) is 9.81. The zero-order chi connectivity index (χ0) is 25.8. The number of aromatic hydroxyl groups is 1. The lowest BCUT2D eigenvalue weighted by Gasteiger charge is -2.48. The van der Waals surface area contributed by atoms with E-state index >= 15 is 0 Å². The van der Waals surface area contributed by atoms with Crippen molar-refractivity contribution in [1.82, 2.24) is 5.32 Å². The molecule has 0 heterocycles. The molecule has 0 bridgehead atoms. The Morgan fingerprint density at radius 2 is 1.94 bits per heavy atom. The van der Waals surface area contributed by atoms with E-state index in [2.05, 4.69) is 5.32 Å². The average molecular weight is 493 g/mol. The van der Waals surface area contributed by atoms with Gasteiger partial charge in [-0.2, -0.15) is 0 Å². The van der Waals surface area contributed by atoms with Crippen LogP contribution in [0.25, 0.3) is 0 Å². The number of aliphatic hydroxyl groups is 3. The highest BCUT2D eigenvalue weighted by atomic mass is 19.3. The lowest BCUT2D eigenvalue weighted by Crippen LogP contribution is -2.52. The summed E-state index contributed by atoms with van der Waals surface area (Å²) >= 11 is 0. The number of carbonyl (C=O) groups is 2. The fraction of sp³-hybridized carbons (Fsp3) is 0.520. The molecule has 1 aromatic rings. The summed E-state index contributed by atoms with van der Waals surface area (Å²) < 4.78 is 25.1. The van der Waals surface area contributed by atoms with Crippen LogP contribution in [0.1, 0.15) is 53.7 Å². The number of nitrogens with two attached hydrogens (primary N) is 1. The molecule has 7 N–H and O–H groups in total. The minimum atomic E-state index is -2.57. The maximum Gasteiger partial charge on any atom is 0.250 e. The molecule has 35 heavy (non-hydrogen) atoms. The first kappa shape index (κ1) is 25.1. The van der Waals surface area contributed by atoms with Gasteiger partial charge in [0.15, 0.2) is 5.78 Å². The number of halogens is 2. The van der Waals surface area contributed by atoms with Crippen LogP contribution in [0.15, 0.2) is 28.7 Å². The number of phenolic OH excluding ortho intramolecular Hbond substituents is 1. The average Bonchev–Trinajstić information content (AvgIpc) is 2.73. The smallest absolute Gasteiger partial charge is 0.250 e. The molecular formula is C25H30F2N2O6. The number of aliphatic hydroxyl groups excluding tert-OH is 2. The molecule has 4 atom stereocenters. The quantitative estimate of drug-likeness (QED) is 0.357. The molecule has 0 saturated heterocycles. The predicted octanol–water partition coefficient (Wildman–Crippen LogP) is 2.56. The highest BCUT2D eigenvalue weighted by Gasteiger charge is 2.55. The Kier molecular flexibility index (Phi) is 6.39. The Labute approximate surface area is 201 Å². The van der Waals surface area contributed by atoms with Crippen LogP contribution < -0.4 is 11.1 Å². The maximum atomic E-state index is 13.7. The van der Waals surface area contributed by atoms with Crippen molar-refractivity contribution in [3.05, 3.63) is 51.0 Å². The molecule has 4 rings (SSSR count). The fourth-order valence-electron chi connectivity index (χ4n) is 6.28. The van der Waals surface area contributed by atoms with Crippen LogP contribution in [0.4, 0.5) is 8.78 Å². The van der Waals surface area contributed by atoms with Gasteiger partial charge in [-0.05, 0) is 49.1 Å². The first-order valence-electron chi connectivity index (χ1n) is 11.7. The summed E-state index contributed by atoms with van der Waals surface area (Å²) in [6.45, 7) is 2.53. The van der Waals surface area contributed by atoms with E-state index in [1.807, 2.05) is 6.92 Å². The Morgan fingerprint density at radius 3 is 2.54 bits per heavy atom. The number of aryl methyl sites for hydroxylation is 1. The van der Waals surface area contributed by atoms with Gasteiger partial charge in [-0.1, -0.05) is 13.0 Å². The predicted molar refractivity (Wildman–Crippen MR) is 122 cm³/mol. The largest absolute Gasteiger partial charge is 0.512 e. The molecule has 8 nitrogen and oxygen atoms in total. The number of primary amides is 1. The third-order valence-corrected chi connectivity index (χ3v) is 7.64. The first-order valence-corrected chi connectivity index (χ1v) is 11.7. The van der Waals surface area contributed by atoms with Crippen LogP contribution in [0.3, 0.4) is 0 Å². The minimum Gasteiger partial charge on any atom is -0.512 e. The van der Waals surface area contributed by atoms with Gasteiger partial charge in [0.1, 0.15) is 22.9 Å². The SMILES string of the molecule is CCc1cc(CNCC(F)F)c(O)c2c1CC1CC3CC(O)=C(C(N)=O)C(C)(O)C3C(O)=C1C2=O. The highest BCUT2D eigenvalue weighted by Crippen LogP contribution is 2.54. The molecule has 3 aliphatic rings. The molecule has 4 unspecified atom stereocenters. The molecule has 0 fully saturated rings. The second kappa shape index (κ2) is 8.91. The fourth-order valence-corrected chi connectivity index (χ4v) is 6.28. The van der Waals surface area contributed by atoms with Crippen molar-refractivity contribution in [2.24, 2.45) is 23.5 Å². The second-order valence-electron chi connectivity index (χ2n) is 9.81. The van der Waals surface area contributed by atoms with Crippen LogP contribution in [0.5, 0.6) is 5.75 Å². The number of ketones is 1. The van der Waals surface area contributed by atoms with Gasteiger partial charge in [-0.15, -0.1) is 0 Å². The maximum absolute atomic E-state index is 13.7. The molecule has 190 valence electrons. The number of amides is 1. The summed E-state index contributed by atoms with van der Waals surface area (Å²) in [6, 6.07) is 1.71. The van der Waals surface area contributed by atoms with E-state index in [1.54, 1.807) is 6.07 Å². The third kappa shape index (κ3) is 3.98. The van der Waals surface area contributed by atoms with Crippen LogP contribution in [0, 0.1) is 17.8 Å². The molecule has 0 radical (unpaired) electrons. The summed E-state index contributed by atoms with van der Waals surface area (Å²) in [4.78, 5) is 25.6. The van der Waals surface area contributed by atoms with Crippen LogP contribution in [-0.2, 0) is 24.2 Å². The van der Waals surface area contributed by atoms with Gasteiger partial charge in [-0.25, -0.2) is 8.78 Å². The van der Waals surface area contributed by atoms with Crippen LogP contribution in [-0.4, -0.2) is 50.7 Å². The van der Waals surface area contributed by atoms with E-state index in [1.165, 1.54) is 6.92 Å². The van der Waals surface area contributed by atoms with Gasteiger partial charge in [-0.3, -0.25) is 9.59 Å². The van der Waals surface area contributed by atoms with Crippen LogP contribution in [0.2, 0.25) is 0 Å². The number of rotatable bonds is 6. The molecule has 0 aromatic heterocycles. The number of phenols is 1. The number of allylic oxidation sites excluding steroid dienone is 2. The molecule has 0 aliphatic heterocycles. The van der Waals surface area contributed by atoms with E-state index < -0.39 is 53.6 Å². The highest BCUT2D eigenvalue weighted by molar-refractivity contribution is 6.13. The van der Waals surface area contributed by atoms with Gasteiger partial charge in [0.2, 0.25) is 0 Å². The van der Waals surface area contributed by atoms with Crippen molar-refractivity contribution in [2.45, 2.75) is 58.1 Å². The molecule has 3 aliphatic carbocycles. The van der Waals surface area contributed by atoms with Crippen LogP contribution >= 0.6 is 0 Å². The molecule has 10 heteroatoms. The van der Waals surface area contributed by atoms with E-state index in [-0.39, 0.29) is 41.4 Å². The Bertz CT molecular complexity index is 1160. The normalized spacial score (nSPS) is 28.2. The number of hydrogen-bond donors (Lipinski definition) is 6. The van der Waals surface area contributed by atoms with Gasteiger partial charge in [0, 0.05) is 24.1 Å². The summed E-state index contributed by atoms with van der Waals surface area (Å²) in [6.07, 6.45) is -1.29. The van der Waals surface area contributed by atoms with E-state index in [9.17, 15) is 38.8 Å². The summed E-state index contributed by atoms with van der Waals surface area (Å²) in [5, 5.41) is 46.4. The summed E-state index contributed by atoms with van der Waals surface area (Å²) in [5.41, 5.74) is 4.82. The molecule has 0 spiro atoms. The summed E-state index contributed by atoms with van der Waals surface area (Å²) in [7, 11) is 0. The molecule has 1 amide bonds. The standard InChI is InChI=1S/C25H30F2N2O6/c1-3-10-4-13(8-29-9-16(26)27)21(31)18-14(10)6-11-5-12-7-15(30)20(24(28)34)25(2,35)19(12)23(33)17(11)22(18)32/h4,11-12,16,19,29-31,33,35H,3,5-9H2,1-2H3,(H2,28,34). The van der Waals surface area contributed by atoms with E-state index in [0.717, 1.165) is 5.56 Å². The minimum absolute atomic E-state index is 0.0224. The number of nitrogens with one attached hydrogen (secondary N) is 1. The zero-order valence-corrected chi connectivity index (χ0v) is 19.6.